The van der Waals surface area contributed by atoms with Crippen LogP contribution in [-0.4, -0.2) is 70.0 Å². The summed E-state index contributed by atoms with van der Waals surface area (Å²) < 4.78 is 10.7. The summed E-state index contributed by atoms with van der Waals surface area (Å²) in [7, 11) is 0. The number of nitrogens with one attached hydrogen (secondary N) is 1. The fraction of sp³-hybridized carbons (Fsp3) is 0.588. The first kappa shape index (κ1) is 16.1. The highest BCUT2D eigenvalue weighted by molar-refractivity contribution is 5.77. The van der Waals surface area contributed by atoms with Crippen LogP contribution in [0.3, 0.4) is 0 Å². The zero-order valence-corrected chi connectivity index (χ0v) is 13.5. The summed E-state index contributed by atoms with van der Waals surface area (Å²) in [5, 5.41) is 3.42. The minimum atomic E-state index is 0.199. The van der Waals surface area contributed by atoms with Crippen molar-refractivity contribution in [3.63, 3.8) is 0 Å². The zero-order chi connectivity index (χ0) is 15.9. The van der Waals surface area contributed by atoms with Gasteiger partial charge < -0.3 is 24.6 Å². The van der Waals surface area contributed by atoms with Gasteiger partial charge in [0.1, 0.15) is 0 Å². The van der Waals surface area contributed by atoms with E-state index >= 15 is 0 Å². The minimum absolute atomic E-state index is 0.199. The van der Waals surface area contributed by atoms with Crippen molar-refractivity contribution in [2.45, 2.75) is 6.42 Å². The van der Waals surface area contributed by atoms with E-state index in [0.29, 0.717) is 39.3 Å². The number of ether oxygens (including phenoxy) is 2. The number of amides is 1. The summed E-state index contributed by atoms with van der Waals surface area (Å²) in [4.78, 5) is 16.4. The van der Waals surface area contributed by atoms with E-state index in [1.54, 1.807) is 0 Å². The SMILES string of the molecule is O=C(CCNc1ccccc1N1CCOCC1)N1CCOCC1. The van der Waals surface area contributed by atoms with Gasteiger partial charge in [0.15, 0.2) is 0 Å². The van der Waals surface area contributed by atoms with Crippen LogP contribution in [0.2, 0.25) is 0 Å². The van der Waals surface area contributed by atoms with Gasteiger partial charge in [-0.25, -0.2) is 0 Å². The number of rotatable bonds is 5. The maximum atomic E-state index is 12.2. The molecule has 0 atom stereocenters. The van der Waals surface area contributed by atoms with Crippen LogP contribution in [0.1, 0.15) is 6.42 Å². The predicted molar refractivity (Wildman–Crippen MR) is 90.0 cm³/mol. The lowest BCUT2D eigenvalue weighted by Crippen LogP contribution is -2.41. The first-order valence-corrected chi connectivity index (χ1v) is 8.36. The van der Waals surface area contributed by atoms with Crippen molar-refractivity contribution >= 4 is 17.3 Å². The molecule has 0 aliphatic carbocycles. The average molecular weight is 319 g/mol. The van der Waals surface area contributed by atoms with Crippen LogP contribution in [0.25, 0.3) is 0 Å². The van der Waals surface area contributed by atoms with E-state index in [-0.39, 0.29) is 5.91 Å². The number of carbonyl (C=O) groups is 1. The van der Waals surface area contributed by atoms with E-state index in [0.717, 1.165) is 32.0 Å². The molecular weight excluding hydrogens is 294 g/mol. The Kier molecular flexibility index (Phi) is 5.71. The fourth-order valence-electron chi connectivity index (χ4n) is 2.98. The second kappa shape index (κ2) is 8.17. The molecule has 0 aromatic heterocycles. The molecule has 2 aliphatic heterocycles. The van der Waals surface area contributed by atoms with E-state index < -0.39 is 0 Å². The molecule has 126 valence electrons. The van der Waals surface area contributed by atoms with Crippen LogP contribution < -0.4 is 10.2 Å². The van der Waals surface area contributed by atoms with Crippen LogP contribution in [-0.2, 0) is 14.3 Å². The molecule has 6 nitrogen and oxygen atoms in total. The molecular formula is C17H25N3O3. The number of anilines is 2. The van der Waals surface area contributed by atoms with E-state index in [2.05, 4.69) is 28.4 Å². The van der Waals surface area contributed by atoms with Crippen molar-refractivity contribution < 1.29 is 14.3 Å². The third-order valence-corrected chi connectivity index (χ3v) is 4.27. The molecule has 0 saturated carbocycles. The number of carbonyl (C=O) groups excluding carboxylic acids is 1. The lowest BCUT2D eigenvalue weighted by Gasteiger charge is -2.31. The molecule has 0 radical (unpaired) electrons. The lowest BCUT2D eigenvalue weighted by atomic mass is 10.2. The third-order valence-electron chi connectivity index (χ3n) is 4.27. The Bertz CT molecular complexity index is 512. The molecule has 1 aromatic carbocycles. The van der Waals surface area contributed by atoms with Crippen molar-refractivity contribution in [3.8, 4) is 0 Å². The molecule has 0 bridgehead atoms. The van der Waals surface area contributed by atoms with Crippen molar-refractivity contribution in [2.24, 2.45) is 0 Å². The standard InChI is InChI=1S/C17H25N3O3/c21-17(20-9-13-23-14-10-20)5-6-18-15-3-1-2-4-16(15)19-7-11-22-12-8-19/h1-4,18H,5-14H2. The molecule has 3 rings (SSSR count). The Balaban J connectivity index is 1.52. The molecule has 2 saturated heterocycles. The van der Waals surface area contributed by atoms with Gasteiger partial charge in [-0.3, -0.25) is 4.79 Å². The van der Waals surface area contributed by atoms with Crippen molar-refractivity contribution in [1.29, 1.82) is 0 Å². The summed E-state index contributed by atoms with van der Waals surface area (Å²) in [6, 6.07) is 8.27. The van der Waals surface area contributed by atoms with Crippen LogP contribution in [0, 0.1) is 0 Å². The Morgan fingerprint density at radius 1 is 1.00 bits per heavy atom. The summed E-state index contributed by atoms with van der Waals surface area (Å²) in [5.41, 5.74) is 2.28. The molecule has 2 heterocycles. The fourth-order valence-corrected chi connectivity index (χ4v) is 2.98. The Labute approximate surface area is 137 Å². The van der Waals surface area contributed by atoms with Crippen molar-refractivity contribution in [3.05, 3.63) is 24.3 Å². The van der Waals surface area contributed by atoms with Crippen LogP contribution in [0.4, 0.5) is 11.4 Å². The van der Waals surface area contributed by atoms with Crippen LogP contribution in [0.5, 0.6) is 0 Å². The largest absolute Gasteiger partial charge is 0.383 e. The molecule has 2 aliphatic rings. The molecule has 1 amide bonds. The highest BCUT2D eigenvalue weighted by atomic mass is 16.5. The lowest BCUT2D eigenvalue weighted by molar-refractivity contribution is -0.134. The number of nitrogens with zero attached hydrogens (tertiary/aromatic N) is 2. The van der Waals surface area contributed by atoms with Crippen LogP contribution >= 0.6 is 0 Å². The second-order valence-electron chi connectivity index (χ2n) is 5.79. The quantitative estimate of drug-likeness (QED) is 0.883. The monoisotopic (exact) mass is 319 g/mol. The number of hydrogen-bond acceptors (Lipinski definition) is 5. The summed E-state index contributed by atoms with van der Waals surface area (Å²) in [6.07, 6.45) is 0.511. The van der Waals surface area contributed by atoms with Gasteiger partial charge in [0.2, 0.25) is 5.91 Å². The molecule has 1 aromatic rings. The molecule has 23 heavy (non-hydrogen) atoms. The molecule has 0 spiro atoms. The van der Waals surface area contributed by atoms with Crippen molar-refractivity contribution in [1.82, 2.24) is 4.90 Å². The van der Waals surface area contributed by atoms with Gasteiger partial charge >= 0.3 is 0 Å². The topological polar surface area (TPSA) is 54.0 Å². The maximum absolute atomic E-state index is 12.2. The number of hydrogen-bond donors (Lipinski definition) is 1. The predicted octanol–water partition coefficient (Wildman–Crippen LogP) is 1.18. The molecule has 0 unspecified atom stereocenters. The smallest absolute Gasteiger partial charge is 0.224 e. The van der Waals surface area contributed by atoms with E-state index in [1.165, 1.54) is 5.69 Å². The van der Waals surface area contributed by atoms with Gasteiger partial charge in [-0.15, -0.1) is 0 Å². The van der Waals surface area contributed by atoms with E-state index in [9.17, 15) is 4.79 Å². The first-order valence-electron chi connectivity index (χ1n) is 8.36. The Morgan fingerprint density at radius 2 is 1.65 bits per heavy atom. The first-order chi connectivity index (χ1) is 11.3. The van der Waals surface area contributed by atoms with Crippen LogP contribution in [0.15, 0.2) is 24.3 Å². The summed E-state index contributed by atoms with van der Waals surface area (Å²) in [6.45, 7) is 6.73. The van der Waals surface area contributed by atoms with Gasteiger partial charge in [-0.2, -0.15) is 0 Å². The normalized spacial score (nSPS) is 18.8. The van der Waals surface area contributed by atoms with E-state index in [4.69, 9.17) is 9.47 Å². The highest BCUT2D eigenvalue weighted by Crippen LogP contribution is 2.26. The van der Waals surface area contributed by atoms with Gasteiger partial charge in [0.25, 0.3) is 0 Å². The van der Waals surface area contributed by atoms with Gasteiger partial charge in [-0.1, -0.05) is 12.1 Å². The van der Waals surface area contributed by atoms with Gasteiger partial charge in [-0.05, 0) is 12.1 Å². The number of morpholine rings is 2. The Morgan fingerprint density at radius 3 is 2.39 bits per heavy atom. The summed E-state index contributed by atoms with van der Waals surface area (Å²) in [5.74, 6) is 0.199. The van der Waals surface area contributed by atoms with Gasteiger partial charge in [0.05, 0.1) is 37.8 Å². The maximum Gasteiger partial charge on any atom is 0.224 e. The average Bonchev–Trinajstić information content (AvgIpc) is 2.63. The highest BCUT2D eigenvalue weighted by Gasteiger charge is 2.17. The zero-order valence-electron chi connectivity index (χ0n) is 13.5. The van der Waals surface area contributed by atoms with E-state index in [1.807, 2.05) is 11.0 Å². The van der Waals surface area contributed by atoms with Gasteiger partial charge in [0, 0.05) is 39.1 Å². The minimum Gasteiger partial charge on any atom is -0.383 e. The second-order valence-corrected chi connectivity index (χ2v) is 5.79. The summed E-state index contributed by atoms with van der Waals surface area (Å²) >= 11 is 0. The van der Waals surface area contributed by atoms with Crippen molar-refractivity contribution in [2.75, 3.05) is 69.4 Å². The molecule has 6 heteroatoms. The third kappa shape index (κ3) is 4.36. The molecule has 1 N–H and O–H groups in total. The number of benzene rings is 1. The Hall–Kier alpha value is -1.79. The number of para-hydroxylation sites is 2. The molecule has 2 fully saturated rings.